The molecule has 1 aliphatic rings. The molecule has 4 nitrogen and oxygen atoms in total. The summed E-state index contributed by atoms with van der Waals surface area (Å²) < 4.78 is 26.7. The monoisotopic (exact) mass is 437 g/mol. The Morgan fingerprint density at radius 2 is 2.11 bits per heavy atom. The number of hydrogen-bond acceptors (Lipinski definition) is 4. The molecule has 2 aromatic rings. The molecule has 1 amide bonds. The first-order valence-corrected chi connectivity index (χ1v) is 9.33. The number of carbonyl (C=O) groups is 1. The highest BCUT2D eigenvalue weighted by molar-refractivity contribution is 7.09. The molecule has 3 rings (SSSR count). The van der Waals surface area contributed by atoms with Crippen LogP contribution in [0.2, 0.25) is 0 Å². The lowest BCUT2D eigenvalue weighted by Gasteiger charge is -2.33. The van der Waals surface area contributed by atoms with Gasteiger partial charge in [0.1, 0.15) is 0 Å². The molecule has 0 aliphatic carbocycles. The van der Waals surface area contributed by atoms with E-state index in [1.54, 1.807) is 17.4 Å². The summed E-state index contributed by atoms with van der Waals surface area (Å²) in [5, 5.41) is 9.19. The predicted molar refractivity (Wildman–Crippen MR) is 108 cm³/mol. The predicted octanol–water partition coefficient (Wildman–Crippen LogP) is 3.63. The molecule has 2 N–H and O–H groups in total. The molecule has 1 aromatic carbocycles. The Morgan fingerprint density at radius 3 is 2.78 bits per heavy atom. The van der Waals surface area contributed by atoms with Crippen molar-refractivity contribution < 1.29 is 13.6 Å². The van der Waals surface area contributed by atoms with Crippen molar-refractivity contribution in [2.75, 3.05) is 13.1 Å². The van der Waals surface area contributed by atoms with E-state index in [2.05, 4.69) is 15.6 Å². The lowest BCUT2D eigenvalue weighted by molar-refractivity contribution is -0.121. The molecule has 0 saturated carbocycles. The van der Waals surface area contributed by atoms with Gasteiger partial charge in [-0.2, -0.15) is 0 Å². The highest BCUT2D eigenvalue weighted by atomic mass is 35.5. The topological polar surface area (TPSA) is 54.0 Å². The number of halogens is 4. The van der Waals surface area contributed by atoms with Crippen LogP contribution in [-0.2, 0) is 17.6 Å². The third kappa shape index (κ3) is 6.10. The SMILES string of the molecule is CCc1nc(CC(=O)NC2CNCCC2c2ccc(F)c(F)c2)cs1.Cl.Cl. The molecule has 0 radical (unpaired) electrons. The fourth-order valence-corrected chi connectivity index (χ4v) is 3.91. The van der Waals surface area contributed by atoms with Gasteiger partial charge in [-0.3, -0.25) is 4.79 Å². The van der Waals surface area contributed by atoms with Crippen LogP contribution in [0.15, 0.2) is 23.6 Å². The molecule has 1 aliphatic heterocycles. The van der Waals surface area contributed by atoms with Gasteiger partial charge in [0.25, 0.3) is 0 Å². The Hall–Kier alpha value is -1.28. The van der Waals surface area contributed by atoms with Crippen molar-refractivity contribution in [3.05, 3.63) is 51.5 Å². The number of nitrogens with zero attached hydrogens (tertiary/aromatic N) is 1. The average molecular weight is 438 g/mol. The number of piperidine rings is 1. The molecule has 2 atom stereocenters. The van der Waals surface area contributed by atoms with E-state index in [1.165, 1.54) is 6.07 Å². The molecule has 0 spiro atoms. The van der Waals surface area contributed by atoms with Gasteiger partial charge in [0, 0.05) is 23.9 Å². The van der Waals surface area contributed by atoms with E-state index in [9.17, 15) is 13.6 Å². The molecule has 1 fully saturated rings. The maximum Gasteiger partial charge on any atom is 0.226 e. The Labute approximate surface area is 174 Å². The van der Waals surface area contributed by atoms with Crippen LogP contribution >= 0.6 is 36.2 Å². The minimum absolute atomic E-state index is 0. The number of amides is 1. The third-order valence-corrected chi connectivity index (χ3v) is 5.49. The second-order valence-corrected chi connectivity index (χ2v) is 7.15. The third-order valence-electron chi connectivity index (χ3n) is 4.44. The van der Waals surface area contributed by atoms with Crippen molar-refractivity contribution in [2.45, 2.75) is 38.1 Å². The van der Waals surface area contributed by atoms with Gasteiger partial charge in [-0.05, 0) is 37.1 Å². The summed E-state index contributed by atoms with van der Waals surface area (Å²) in [5.41, 5.74) is 1.49. The van der Waals surface area contributed by atoms with Crippen LogP contribution in [0, 0.1) is 11.6 Å². The maximum atomic E-state index is 13.6. The van der Waals surface area contributed by atoms with Crippen molar-refractivity contribution in [3.8, 4) is 0 Å². The van der Waals surface area contributed by atoms with Gasteiger partial charge in [-0.1, -0.05) is 13.0 Å². The maximum absolute atomic E-state index is 13.6. The number of thiazole rings is 1. The highest BCUT2D eigenvalue weighted by Gasteiger charge is 2.28. The largest absolute Gasteiger partial charge is 0.351 e. The Morgan fingerprint density at radius 1 is 1.33 bits per heavy atom. The summed E-state index contributed by atoms with van der Waals surface area (Å²) in [6, 6.07) is 3.82. The zero-order chi connectivity index (χ0) is 17.8. The highest BCUT2D eigenvalue weighted by Crippen LogP contribution is 2.27. The quantitative estimate of drug-likeness (QED) is 0.750. The molecular formula is C18H23Cl2F2N3OS. The summed E-state index contributed by atoms with van der Waals surface area (Å²) in [4.78, 5) is 16.8. The molecule has 150 valence electrons. The van der Waals surface area contributed by atoms with E-state index in [1.807, 2.05) is 12.3 Å². The van der Waals surface area contributed by atoms with E-state index in [-0.39, 0.29) is 49.1 Å². The molecule has 2 unspecified atom stereocenters. The fraction of sp³-hybridized carbons (Fsp3) is 0.444. The lowest BCUT2D eigenvalue weighted by Crippen LogP contribution is -2.50. The summed E-state index contributed by atoms with van der Waals surface area (Å²) in [5.74, 6) is -1.85. The molecule has 9 heteroatoms. The number of nitrogens with one attached hydrogen (secondary N) is 2. The van der Waals surface area contributed by atoms with Gasteiger partial charge in [0.2, 0.25) is 5.91 Å². The van der Waals surface area contributed by atoms with E-state index in [4.69, 9.17) is 0 Å². The second-order valence-electron chi connectivity index (χ2n) is 6.21. The van der Waals surface area contributed by atoms with E-state index in [0.717, 1.165) is 36.2 Å². The first-order chi connectivity index (χ1) is 12.1. The molecule has 27 heavy (non-hydrogen) atoms. The molecular weight excluding hydrogens is 415 g/mol. The summed E-state index contributed by atoms with van der Waals surface area (Å²) in [6.07, 6.45) is 1.85. The number of rotatable bonds is 5. The second kappa shape index (κ2) is 10.9. The van der Waals surface area contributed by atoms with Crippen LogP contribution in [0.25, 0.3) is 0 Å². The Kier molecular flexibility index (Phi) is 9.59. The number of hydrogen-bond donors (Lipinski definition) is 2. The average Bonchev–Trinajstić information content (AvgIpc) is 3.05. The zero-order valence-corrected chi connectivity index (χ0v) is 17.3. The smallest absolute Gasteiger partial charge is 0.226 e. The van der Waals surface area contributed by atoms with Crippen molar-refractivity contribution in [3.63, 3.8) is 0 Å². The Bertz CT molecular complexity index is 760. The van der Waals surface area contributed by atoms with E-state index in [0.29, 0.717) is 12.1 Å². The first kappa shape index (κ1) is 23.8. The van der Waals surface area contributed by atoms with Crippen molar-refractivity contribution in [1.29, 1.82) is 0 Å². The van der Waals surface area contributed by atoms with Crippen LogP contribution in [0.5, 0.6) is 0 Å². The van der Waals surface area contributed by atoms with Crippen LogP contribution < -0.4 is 10.6 Å². The Balaban J connectivity index is 0.00000182. The van der Waals surface area contributed by atoms with Gasteiger partial charge in [-0.15, -0.1) is 36.2 Å². The number of benzene rings is 1. The van der Waals surface area contributed by atoms with Crippen LogP contribution in [-0.4, -0.2) is 30.0 Å². The first-order valence-electron chi connectivity index (χ1n) is 8.45. The van der Waals surface area contributed by atoms with Gasteiger partial charge < -0.3 is 10.6 Å². The van der Waals surface area contributed by atoms with E-state index < -0.39 is 11.6 Å². The van der Waals surface area contributed by atoms with Gasteiger partial charge >= 0.3 is 0 Å². The number of aryl methyl sites for hydroxylation is 1. The van der Waals surface area contributed by atoms with Crippen molar-refractivity contribution in [2.24, 2.45) is 0 Å². The van der Waals surface area contributed by atoms with Crippen molar-refractivity contribution in [1.82, 2.24) is 15.6 Å². The van der Waals surface area contributed by atoms with Crippen LogP contribution in [0.1, 0.15) is 35.5 Å². The summed E-state index contributed by atoms with van der Waals surface area (Å²) in [6.45, 7) is 3.41. The molecule has 1 aromatic heterocycles. The lowest BCUT2D eigenvalue weighted by atomic mass is 9.86. The minimum Gasteiger partial charge on any atom is -0.351 e. The number of carbonyl (C=O) groups excluding carboxylic acids is 1. The van der Waals surface area contributed by atoms with Gasteiger partial charge in [-0.25, -0.2) is 13.8 Å². The molecule has 2 heterocycles. The van der Waals surface area contributed by atoms with Crippen molar-refractivity contribution >= 4 is 42.1 Å². The zero-order valence-electron chi connectivity index (χ0n) is 14.8. The van der Waals surface area contributed by atoms with Crippen LogP contribution in [0.3, 0.4) is 0 Å². The normalized spacial score (nSPS) is 18.9. The fourth-order valence-electron chi connectivity index (χ4n) is 3.17. The molecule has 1 saturated heterocycles. The minimum atomic E-state index is -0.853. The standard InChI is InChI=1S/C18H21F2N3OS.2ClH/c1-2-18-22-12(10-25-18)8-17(24)23-16-9-21-6-5-13(16)11-3-4-14(19)15(20)7-11;;/h3-4,7,10,13,16,21H,2,5-6,8-9H2,1H3,(H,23,24);2*1H. The van der Waals surface area contributed by atoms with Gasteiger partial charge in [0.05, 0.1) is 17.1 Å². The van der Waals surface area contributed by atoms with Gasteiger partial charge in [0.15, 0.2) is 11.6 Å². The summed E-state index contributed by atoms with van der Waals surface area (Å²) >= 11 is 1.56. The molecule has 0 bridgehead atoms. The van der Waals surface area contributed by atoms with Crippen LogP contribution in [0.4, 0.5) is 8.78 Å². The summed E-state index contributed by atoms with van der Waals surface area (Å²) in [7, 11) is 0. The number of aromatic nitrogens is 1. The van der Waals surface area contributed by atoms with E-state index >= 15 is 0 Å².